The van der Waals surface area contributed by atoms with Crippen molar-refractivity contribution in [1.82, 2.24) is 15.1 Å². The first-order valence-electron chi connectivity index (χ1n) is 14.4. The molecule has 43 heavy (non-hydrogen) atoms. The fraction of sp³-hybridized carbons (Fsp3) is 0.441. The minimum absolute atomic E-state index is 0. The molecule has 0 bridgehead atoms. The maximum Gasteiger partial charge on any atom is 0.408 e. The number of nitrogens with zero attached hydrogens (tertiary/aromatic N) is 2. The van der Waals surface area contributed by atoms with Gasteiger partial charge in [0.1, 0.15) is 17.7 Å². The molecule has 1 saturated heterocycles. The first-order chi connectivity index (χ1) is 19.9. The predicted octanol–water partition coefficient (Wildman–Crippen LogP) is 6.18. The molecule has 3 unspecified atom stereocenters. The van der Waals surface area contributed by atoms with Crippen LogP contribution in [0.2, 0.25) is 5.02 Å². The molecule has 0 radical (unpaired) electrons. The van der Waals surface area contributed by atoms with E-state index in [2.05, 4.69) is 5.32 Å². The first kappa shape index (κ1) is 33.9. The number of benzene rings is 3. The van der Waals surface area contributed by atoms with Crippen molar-refractivity contribution < 1.29 is 24.2 Å². The van der Waals surface area contributed by atoms with Gasteiger partial charge in [0.05, 0.1) is 0 Å². The van der Waals surface area contributed by atoms with Gasteiger partial charge in [-0.15, -0.1) is 0 Å². The summed E-state index contributed by atoms with van der Waals surface area (Å²) in [5, 5.41) is 15.8. The number of hydrogen-bond donors (Lipinski definition) is 2. The van der Waals surface area contributed by atoms with E-state index >= 15 is 0 Å². The lowest BCUT2D eigenvalue weighted by Crippen LogP contribution is -2.62. The molecule has 232 valence electrons. The molecule has 1 aliphatic rings. The summed E-state index contributed by atoms with van der Waals surface area (Å²) in [6.07, 6.45) is 0.614. The topological polar surface area (TPSA) is 99.2 Å². The van der Waals surface area contributed by atoms with Crippen molar-refractivity contribution >= 4 is 40.3 Å². The van der Waals surface area contributed by atoms with Crippen LogP contribution in [0.25, 0.3) is 10.8 Å². The van der Waals surface area contributed by atoms with Crippen LogP contribution in [0, 0.1) is 0 Å². The lowest BCUT2D eigenvalue weighted by atomic mass is 9.98. The van der Waals surface area contributed by atoms with Crippen LogP contribution in [0.3, 0.4) is 0 Å². The van der Waals surface area contributed by atoms with Crippen LogP contribution >= 0.6 is 11.6 Å². The van der Waals surface area contributed by atoms with Crippen molar-refractivity contribution in [2.75, 3.05) is 19.6 Å². The summed E-state index contributed by atoms with van der Waals surface area (Å²) in [6.45, 7) is 8.48. The van der Waals surface area contributed by atoms with Crippen molar-refractivity contribution in [1.29, 1.82) is 0 Å². The van der Waals surface area contributed by atoms with E-state index in [4.69, 9.17) is 16.3 Å². The van der Waals surface area contributed by atoms with Crippen LogP contribution < -0.4 is 5.32 Å². The van der Waals surface area contributed by atoms with Crippen LogP contribution in [-0.4, -0.2) is 76.2 Å². The van der Waals surface area contributed by atoms with Crippen LogP contribution in [0.4, 0.5) is 4.79 Å². The minimum Gasteiger partial charge on any atom is -0.480 e. The van der Waals surface area contributed by atoms with E-state index < -0.39 is 29.7 Å². The second-order valence-corrected chi connectivity index (χ2v) is 12.3. The number of hydrogen-bond acceptors (Lipinski definition) is 5. The van der Waals surface area contributed by atoms with Crippen molar-refractivity contribution in [2.45, 2.75) is 78.1 Å². The van der Waals surface area contributed by atoms with Gasteiger partial charge in [0.15, 0.2) is 0 Å². The van der Waals surface area contributed by atoms with Crippen molar-refractivity contribution in [3.8, 4) is 0 Å². The number of carbonyl (C=O) groups is 3. The Morgan fingerprint density at radius 2 is 1.63 bits per heavy atom. The number of fused-ring (bicyclic) bond motifs is 1. The van der Waals surface area contributed by atoms with Gasteiger partial charge in [0, 0.05) is 37.1 Å². The Bertz CT molecular complexity index is 1410. The molecule has 0 spiro atoms. The number of carboxylic acid groups (broad SMARTS) is 1. The number of halogens is 1. The zero-order valence-corrected chi connectivity index (χ0v) is 25.4. The predicted molar refractivity (Wildman–Crippen MR) is 171 cm³/mol. The minimum atomic E-state index is -0.884. The zero-order valence-electron chi connectivity index (χ0n) is 24.7. The molecule has 0 aliphatic carbocycles. The number of ether oxygens (including phenoxy) is 1. The molecule has 3 aromatic carbocycles. The number of alkyl carbamates (subject to hydrolysis) is 1. The number of rotatable bonds is 9. The van der Waals surface area contributed by atoms with Crippen LogP contribution in [0.1, 0.15) is 52.7 Å². The third-order valence-electron chi connectivity index (χ3n) is 7.58. The van der Waals surface area contributed by atoms with Gasteiger partial charge in [-0.1, -0.05) is 80.5 Å². The number of piperazine rings is 1. The summed E-state index contributed by atoms with van der Waals surface area (Å²) in [6, 6.07) is 19.5. The second-order valence-electron chi connectivity index (χ2n) is 11.9. The number of carbonyl (C=O) groups excluding carboxylic acids is 2. The lowest BCUT2D eigenvalue weighted by molar-refractivity contribution is -0.146. The summed E-state index contributed by atoms with van der Waals surface area (Å²) >= 11 is 6.05. The number of carboxylic acids is 1. The molecular formula is C34H44ClN3O5. The van der Waals surface area contributed by atoms with E-state index in [1.165, 1.54) is 0 Å². The van der Waals surface area contributed by atoms with E-state index in [0.29, 0.717) is 37.5 Å². The summed E-state index contributed by atoms with van der Waals surface area (Å²) in [5.41, 5.74) is 1.09. The summed E-state index contributed by atoms with van der Waals surface area (Å²) in [5.74, 6) is -1.10. The SMILES string of the molecule is C.CCC1CN(C(Cc2ccc3ccccc3c2)C(=O)O)CCN1C(=O)C(Cc1ccc(Cl)cc1)NC(=O)OC(C)(C)C. The molecule has 0 aromatic heterocycles. The summed E-state index contributed by atoms with van der Waals surface area (Å²) in [4.78, 5) is 42.9. The highest BCUT2D eigenvalue weighted by molar-refractivity contribution is 6.30. The van der Waals surface area contributed by atoms with E-state index in [1.807, 2.05) is 66.4 Å². The zero-order chi connectivity index (χ0) is 30.4. The van der Waals surface area contributed by atoms with E-state index in [9.17, 15) is 19.5 Å². The Hall–Kier alpha value is -3.62. The fourth-order valence-electron chi connectivity index (χ4n) is 5.47. The van der Waals surface area contributed by atoms with E-state index in [-0.39, 0.29) is 25.8 Å². The van der Waals surface area contributed by atoms with Crippen LogP contribution in [0.15, 0.2) is 66.7 Å². The average molecular weight is 610 g/mol. The highest BCUT2D eigenvalue weighted by atomic mass is 35.5. The van der Waals surface area contributed by atoms with Gasteiger partial charge < -0.3 is 20.1 Å². The van der Waals surface area contributed by atoms with Crippen LogP contribution in [0.5, 0.6) is 0 Å². The average Bonchev–Trinajstić information content (AvgIpc) is 2.94. The van der Waals surface area contributed by atoms with E-state index in [0.717, 1.165) is 21.9 Å². The lowest BCUT2D eigenvalue weighted by Gasteiger charge is -2.44. The largest absolute Gasteiger partial charge is 0.480 e. The van der Waals surface area contributed by atoms with Gasteiger partial charge in [0.2, 0.25) is 5.91 Å². The molecule has 9 heteroatoms. The molecular weight excluding hydrogens is 566 g/mol. The van der Waals surface area contributed by atoms with E-state index in [1.54, 1.807) is 37.8 Å². The Labute approximate surface area is 260 Å². The molecule has 8 nitrogen and oxygen atoms in total. The maximum absolute atomic E-state index is 14.0. The summed E-state index contributed by atoms with van der Waals surface area (Å²) < 4.78 is 5.46. The Morgan fingerprint density at radius 1 is 0.977 bits per heavy atom. The Morgan fingerprint density at radius 3 is 2.26 bits per heavy atom. The molecule has 3 atom stereocenters. The third-order valence-corrected chi connectivity index (χ3v) is 7.83. The molecule has 1 aliphatic heterocycles. The molecule has 0 saturated carbocycles. The van der Waals surface area contributed by atoms with Gasteiger partial charge in [-0.25, -0.2) is 4.79 Å². The van der Waals surface area contributed by atoms with Crippen molar-refractivity contribution in [3.63, 3.8) is 0 Å². The van der Waals surface area contributed by atoms with Crippen molar-refractivity contribution in [3.05, 3.63) is 82.9 Å². The van der Waals surface area contributed by atoms with Gasteiger partial charge in [0.25, 0.3) is 0 Å². The van der Waals surface area contributed by atoms with Crippen LogP contribution in [-0.2, 0) is 27.2 Å². The number of amides is 2. The first-order valence-corrected chi connectivity index (χ1v) is 14.8. The van der Waals surface area contributed by atoms with Crippen molar-refractivity contribution in [2.24, 2.45) is 0 Å². The van der Waals surface area contributed by atoms with Gasteiger partial charge in [-0.05, 0) is 67.6 Å². The molecule has 1 fully saturated rings. The molecule has 1 heterocycles. The molecule has 4 rings (SSSR count). The Kier molecular flexibility index (Phi) is 11.6. The standard InChI is InChI=1S/C33H40ClN3O5.CH4/c1-5-27-21-36(29(31(39)40)20-23-10-13-24-8-6-7-9-25(24)18-23)16-17-37(27)30(38)28(35-32(41)42-33(2,3)4)19-22-11-14-26(34)15-12-22;/h6-15,18,27-29H,5,16-17,19-21H2,1-4H3,(H,35,41)(H,39,40);1H4. The van der Waals surface area contributed by atoms with Gasteiger partial charge >= 0.3 is 12.1 Å². The van der Waals surface area contributed by atoms with Gasteiger partial charge in [-0.3, -0.25) is 14.5 Å². The quantitative estimate of drug-likeness (QED) is 0.300. The molecule has 2 N–H and O–H groups in total. The number of nitrogens with one attached hydrogen (secondary N) is 1. The highest BCUT2D eigenvalue weighted by Crippen LogP contribution is 2.23. The normalized spacial score (nSPS) is 17.0. The number of aliphatic carboxylic acids is 1. The second kappa shape index (κ2) is 14.7. The smallest absolute Gasteiger partial charge is 0.408 e. The molecule has 2 amide bonds. The Balaban J connectivity index is 0.00000506. The highest BCUT2D eigenvalue weighted by Gasteiger charge is 2.38. The fourth-order valence-corrected chi connectivity index (χ4v) is 5.60. The maximum atomic E-state index is 14.0. The third kappa shape index (κ3) is 9.18. The summed E-state index contributed by atoms with van der Waals surface area (Å²) in [7, 11) is 0. The monoisotopic (exact) mass is 609 g/mol. The van der Waals surface area contributed by atoms with Gasteiger partial charge in [-0.2, -0.15) is 0 Å². The molecule has 3 aromatic rings.